The number of benzene rings is 2. The van der Waals surface area contributed by atoms with Crippen molar-refractivity contribution in [2.45, 2.75) is 29.5 Å². The standard InChI is InChI=1S/C22H29NO7S2/c1-15-11-17(6-8-19(15)28-2)32(26,27)22-14-31(24,25)13-18(22)23-10-9-16-5-7-20(29-3)21(12-16)30-4/h5-8,11-12,18,22-23H,9-10,13-14H2,1-4H3/t18-,22-/m0/s1. The van der Waals surface area contributed by atoms with E-state index in [-0.39, 0.29) is 10.6 Å². The fourth-order valence-electron chi connectivity index (χ4n) is 3.95. The molecule has 1 aliphatic heterocycles. The number of rotatable bonds is 9. The molecule has 2 atom stereocenters. The predicted molar refractivity (Wildman–Crippen MR) is 122 cm³/mol. The highest BCUT2D eigenvalue weighted by Gasteiger charge is 2.45. The van der Waals surface area contributed by atoms with Crippen LogP contribution < -0.4 is 19.5 Å². The van der Waals surface area contributed by atoms with Crippen molar-refractivity contribution in [3.63, 3.8) is 0 Å². The fourth-order valence-corrected chi connectivity index (χ4v) is 8.75. The molecule has 0 saturated carbocycles. The lowest BCUT2D eigenvalue weighted by Gasteiger charge is -2.20. The van der Waals surface area contributed by atoms with Crippen molar-refractivity contribution < 1.29 is 31.0 Å². The number of aryl methyl sites for hydroxylation is 1. The molecule has 2 aromatic rings. The normalized spacial score (nSPS) is 20.1. The van der Waals surface area contributed by atoms with Crippen LogP contribution in [-0.4, -0.2) is 67.5 Å². The van der Waals surface area contributed by atoms with E-state index in [0.717, 1.165) is 5.56 Å². The first-order valence-electron chi connectivity index (χ1n) is 10.1. The second-order valence-corrected chi connectivity index (χ2v) is 12.1. The summed E-state index contributed by atoms with van der Waals surface area (Å²) >= 11 is 0. The maximum Gasteiger partial charge on any atom is 0.183 e. The van der Waals surface area contributed by atoms with E-state index in [1.807, 2.05) is 12.1 Å². The molecule has 1 fully saturated rings. The predicted octanol–water partition coefficient (Wildman–Crippen LogP) is 1.79. The van der Waals surface area contributed by atoms with E-state index in [0.29, 0.717) is 35.8 Å². The minimum absolute atomic E-state index is 0.101. The molecule has 10 heteroatoms. The molecule has 32 heavy (non-hydrogen) atoms. The van der Waals surface area contributed by atoms with E-state index < -0.39 is 36.7 Å². The Kier molecular flexibility index (Phi) is 7.36. The van der Waals surface area contributed by atoms with Crippen LogP contribution in [0.25, 0.3) is 0 Å². The number of methoxy groups -OCH3 is 3. The van der Waals surface area contributed by atoms with Crippen molar-refractivity contribution in [2.75, 3.05) is 39.4 Å². The zero-order valence-corrected chi connectivity index (χ0v) is 20.3. The second-order valence-electron chi connectivity index (χ2n) is 7.79. The van der Waals surface area contributed by atoms with Crippen molar-refractivity contribution in [1.82, 2.24) is 5.32 Å². The largest absolute Gasteiger partial charge is 0.496 e. The Morgan fingerprint density at radius 1 is 0.938 bits per heavy atom. The quantitative estimate of drug-likeness (QED) is 0.575. The molecule has 176 valence electrons. The summed E-state index contributed by atoms with van der Waals surface area (Å²) in [6.45, 7) is 2.17. The Bertz CT molecular complexity index is 1180. The average Bonchev–Trinajstić information content (AvgIpc) is 3.08. The Balaban J connectivity index is 1.76. The van der Waals surface area contributed by atoms with Crippen LogP contribution in [0.3, 0.4) is 0 Å². The second kappa shape index (κ2) is 9.68. The van der Waals surface area contributed by atoms with Gasteiger partial charge in [0.1, 0.15) is 5.75 Å². The van der Waals surface area contributed by atoms with Gasteiger partial charge in [-0.05, 0) is 61.3 Å². The van der Waals surface area contributed by atoms with Gasteiger partial charge in [0.25, 0.3) is 0 Å². The Hall–Kier alpha value is -2.30. The van der Waals surface area contributed by atoms with Gasteiger partial charge in [0.15, 0.2) is 31.2 Å². The first-order valence-corrected chi connectivity index (χ1v) is 13.5. The average molecular weight is 484 g/mol. The molecule has 1 saturated heterocycles. The molecule has 0 radical (unpaired) electrons. The van der Waals surface area contributed by atoms with Crippen LogP contribution in [0.4, 0.5) is 0 Å². The first kappa shape index (κ1) is 24.3. The summed E-state index contributed by atoms with van der Waals surface area (Å²) < 4.78 is 67.0. The number of nitrogens with one attached hydrogen (secondary N) is 1. The van der Waals surface area contributed by atoms with Gasteiger partial charge in [-0.15, -0.1) is 0 Å². The molecule has 0 aromatic heterocycles. The summed E-state index contributed by atoms with van der Waals surface area (Å²) in [6.07, 6.45) is 0.575. The van der Waals surface area contributed by atoms with Gasteiger partial charge in [0.2, 0.25) is 0 Å². The van der Waals surface area contributed by atoms with Crippen molar-refractivity contribution in [3.05, 3.63) is 47.5 Å². The minimum atomic E-state index is -3.85. The van der Waals surface area contributed by atoms with Gasteiger partial charge in [0.05, 0.1) is 43.0 Å². The van der Waals surface area contributed by atoms with Gasteiger partial charge in [-0.25, -0.2) is 16.8 Å². The molecule has 1 N–H and O–H groups in total. The van der Waals surface area contributed by atoms with Crippen molar-refractivity contribution >= 4 is 19.7 Å². The molecule has 1 heterocycles. The maximum atomic E-state index is 13.3. The van der Waals surface area contributed by atoms with Gasteiger partial charge in [-0.1, -0.05) is 6.07 Å². The zero-order chi connectivity index (χ0) is 23.5. The topological polar surface area (TPSA) is 108 Å². The van der Waals surface area contributed by atoms with Crippen LogP contribution in [0, 0.1) is 6.92 Å². The maximum absolute atomic E-state index is 13.3. The Labute approximate surface area is 189 Å². The van der Waals surface area contributed by atoms with Gasteiger partial charge in [0, 0.05) is 6.04 Å². The summed E-state index contributed by atoms with van der Waals surface area (Å²) in [7, 11) is -2.70. The van der Waals surface area contributed by atoms with Crippen LogP contribution in [-0.2, 0) is 26.1 Å². The van der Waals surface area contributed by atoms with E-state index in [9.17, 15) is 16.8 Å². The number of ether oxygens (including phenoxy) is 3. The fraction of sp³-hybridized carbons (Fsp3) is 0.455. The molecule has 0 unspecified atom stereocenters. The summed E-state index contributed by atoms with van der Waals surface area (Å²) in [5.74, 6) is 1.19. The van der Waals surface area contributed by atoms with Gasteiger partial charge >= 0.3 is 0 Å². The number of sulfone groups is 2. The highest BCUT2D eigenvalue weighted by Crippen LogP contribution is 2.30. The molecule has 3 rings (SSSR count). The number of hydrogen-bond acceptors (Lipinski definition) is 8. The Morgan fingerprint density at radius 3 is 2.22 bits per heavy atom. The van der Waals surface area contributed by atoms with E-state index in [2.05, 4.69) is 5.32 Å². The number of hydrogen-bond donors (Lipinski definition) is 1. The van der Waals surface area contributed by atoms with Crippen LogP contribution >= 0.6 is 0 Å². The van der Waals surface area contributed by atoms with Crippen molar-refractivity contribution in [1.29, 1.82) is 0 Å². The van der Waals surface area contributed by atoms with Gasteiger partial charge in [-0.3, -0.25) is 0 Å². The van der Waals surface area contributed by atoms with E-state index in [1.165, 1.54) is 19.2 Å². The molecule has 0 bridgehead atoms. The van der Waals surface area contributed by atoms with E-state index in [1.54, 1.807) is 33.3 Å². The smallest absolute Gasteiger partial charge is 0.183 e. The minimum Gasteiger partial charge on any atom is -0.496 e. The summed E-state index contributed by atoms with van der Waals surface area (Å²) in [4.78, 5) is 0.101. The highest BCUT2D eigenvalue weighted by atomic mass is 32.2. The molecule has 0 aliphatic carbocycles. The molecule has 0 spiro atoms. The lowest BCUT2D eigenvalue weighted by molar-refractivity contribution is 0.354. The molecule has 1 aliphatic rings. The third kappa shape index (κ3) is 5.19. The van der Waals surface area contributed by atoms with Crippen LogP contribution in [0.5, 0.6) is 17.2 Å². The van der Waals surface area contributed by atoms with Gasteiger partial charge < -0.3 is 19.5 Å². The first-order chi connectivity index (χ1) is 15.1. The van der Waals surface area contributed by atoms with Crippen LogP contribution in [0.1, 0.15) is 11.1 Å². The SMILES string of the molecule is COc1ccc(S(=O)(=O)[C@H]2CS(=O)(=O)C[C@@H]2NCCc2ccc(OC)c(OC)c2)cc1C. The molecular weight excluding hydrogens is 454 g/mol. The molecule has 0 amide bonds. The summed E-state index contributed by atoms with van der Waals surface area (Å²) in [5, 5.41) is 2.11. The third-order valence-electron chi connectivity index (χ3n) is 5.66. The molecule has 8 nitrogen and oxygen atoms in total. The van der Waals surface area contributed by atoms with Crippen LogP contribution in [0.2, 0.25) is 0 Å². The van der Waals surface area contributed by atoms with E-state index >= 15 is 0 Å². The monoisotopic (exact) mass is 483 g/mol. The lowest BCUT2D eigenvalue weighted by Crippen LogP contribution is -2.44. The summed E-state index contributed by atoms with van der Waals surface area (Å²) in [5.41, 5.74) is 1.63. The molecule has 2 aromatic carbocycles. The van der Waals surface area contributed by atoms with Crippen molar-refractivity contribution in [3.8, 4) is 17.2 Å². The van der Waals surface area contributed by atoms with Gasteiger partial charge in [-0.2, -0.15) is 0 Å². The van der Waals surface area contributed by atoms with Crippen LogP contribution in [0.15, 0.2) is 41.3 Å². The summed E-state index contributed by atoms with van der Waals surface area (Å²) in [6, 6.07) is 9.43. The third-order valence-corrected chi connectivity index (χ3v) is 9.81. The Morgan fingerprint density at radius 2 is 1.59 bits per heavy atom. The molecular formula is C22H29NO7S2. The zero-order valence-electron chi connectivity index (χ0n) is 18.6. The lowest BCUT2D eigenvalue weighted by atomic mass is 10.1. The van der Waals surface area contributed by atoms with E-state index in [4.69, 9.17) is 14.2 Å². The van der Waals surface area contributed by atoms with Crippen molar-refractivity contribution in [2.24, 2.45) is 0 Å². The highest BCUT2D eigenvalue weighted by molar-refractivity contribution is 7.96.